The lowest BCUT2D eigenvalue weighted by Crippen LogP contribution is -2.15. The predicted molar refractivity (Wildman–Crippen MR) is 90.3 cm³/mol. The number of aryl methyl sites for hydroxylation is 2. The van der Waals surface area contributed by atoms with Gasteiger partial charge in [-0.25, -0.2) is 8.42 Å². The topological polar surface area (TPSA) is 46.2 Å². The van der Waals surface area contributed by atoms with E-state index in [4.69, 9.17) is 11.6 Å². The standard InChI is InChI=1S/C17H15ClF3NO2S/c18-16-8-6-13(10-15(16)17(19,20)21)22-25(23,24)14-7-5-11-3-1-2-4-12(11)9-14/h5-10,22H,1-4H2. The minimum absolute atomic E-state index is 0.0386. The van der Waals surface area contributed by atoms with Crippen molar-refractivity contribution in [3.05, 3.63) is 58.1 Å². The van der Waals surface area contributed by atoms with Crippen LogP contribution in [0.4, 0.5) is 18.9 Å². The van der Waals surface area contributed by atoms with Gasteiger partial charge in [0.05, 0.1) is 15.5 Å². The summed E-state index contributed by atoms with van der Waals surface area (Å²) in [7, 11) is -3.98. The Morgan fingerprint density at radius 1 is 0.960 bits per heavy atom. The Kier molecular flexibility index (Phi) is 4.72. The number of anilines is 1. The second-order valence-electron chi connectivity index (χ2n) is 5.94. The normalized spacial score (nSPS) is 14.9. The molecule has 134 valence electrons. The molecule has 2 aromatic carbocycles. The summed E-state index contributed by atoms with van der Waals surface area (Å²) in [4.78, 5) is 0.0386. The van der Waals surface area contributed by atoms with E-state index in [0.29, 0.717) is 6.07 Å². The van der Waals surface area contributed by atoms with E-state index in [2.05, 4.69) is 4.72 Å². The van der Waals surface area contributed by atoms with Crippen LogP contribution in [0.3, 0.4) is 0 Å². The van der Waals surface area contributed by atoms with Gasteiger partial charge in [-0.1, -0.05) is 17.7 Å². The van der Waals surface area contributed by atoms with E-state index in [0.717, 1.165) is 42.9 Å². The van der Waals surface area contributed by atoms with Crippen LogP contribution in [0, 0.1) is 0 Å². The van der Waals surface area contributed by atoms with E-state index in [9.17, 15) is 21.6 Å². The zero-order chi connectivity index (χ0) is 18.2. The quantitative estimate of drug-likeness (QED) is 0.799. The fraction of sp³-hybridized carbons (Fsp3) is 0.294. The first-order chi connectivity index (χ1) is 11.7. The summed E-state index contributed by atoms with van der Waals surface area (Å²) in [5, 5.41) is -0.482. The van der Waals surface area contributed by atoms with Crippen LogP contribution < -0.4 is 4.72 Å². The molecule has 0 saturated carbocycles. The van der Waals surface area contributed by atoms with E-state index in [1.807, 2.05) is 0 Å². The smallest absolute Gasteiger partial charge is 0.280 e. The van der Waals surface area contributed by atoms with Crippen molar-refractivity contribution in [1.29, 1.82) is 0 Å². The molecule has 1 aliphatic rings. The third-order valence-corrected chi connectivity index (χ3v) is 5.86. The first-order valence-electron chi connectivity index (χ1n) is 7.68. The molecule has 0 spiro atoms. The molecule has 2 aromatic rings. The van der Waals surface area contributed by atoms with Crippen LogP contribution in [0.1, 0.15) is 29.5 Å². The van der Waals surface area contributed by atoms with Crippen LogP contribution in [-0.4, -0.2) is 8.42 Å². The molecule has 0 bridgehead atoms. The minimum Gasteiger partial charge on any atom is -0.280 e. The van der Waals surface area contributed by atoms with E-state index >= 15 is 0 Å². The molecule has 0 amide bonds. The number of nitrogens with one attached hydrogen (secondary N) is 1. The fourth-order valence-electron chi connectivity index (χ4n) is 2.90. The lowest BCUT2D eigenvalue weighted by atomic mass is 9.92. The number of alkyl halides is 3. The molecule has 3 nitrogen and oxygen atoms in total. The fourth-order valence-corrected chi connectivity index (χ4v) is 4.22. The molecule has 3 rings (SSSR count). The molecule has 0 heterocycles. The Bertz CT molecular complexity index is 911. The molecular weight excluding hydrogens is 375 g/mol. The number of rotatable bonds is 3. The van der Waals surface area contributed by atoms with Crippen molar-refractivity contribution < 1.29 is 21.6 Å². The van der Waals surface area contributed by atoms with Crippen LogP contribution >= 0.6 is 11.6 Å². The Morgan fingerprint density at radius 2 is 1.64 bits per heavy atom. The molecule has 0 atom stereocenters. The van der Waals surface area contributed by atoms with Gasteiger partial charge in [0.2, 0.25) is 0 Å². The Balaban J connectivity index is 1.92. The summed E-state index contributed by atoms with van der Waals surface area (Å²) in [6.07, 6.45) is -0.879. The van der Waals surface area contributed by atoms with E-state index in [1.54, 1.807) is 12.1 Å². The van der Waals surface area contributed by atoms with Gasteiger partial charge in [-0.15, -0.1) is 0 Å². The Hall–Kier alpha value is -1.73. The van der Waals surface area contributed by atoms with Crippen molar-refractivity contribution in [2.24, 2.45) is 0 Å². The van der Waals surface area contributed by atoms with Gasteiger partial charge in [0, 0.05) is 5.69 Å². The highest BCUT2D eigenvalue weighted by Gasteiger charge is 2.33. The van der Waals surface area contributed by atoms with Gasteiger partial charge in [0.1, 0.15) is 0 Å². The van der Waals surface area contributed by atoms with Crippen LogP contribution in [-0.2, 0) is 29.0 Å². The van der Waals surface area contributed by atoms with Crippen LogP contribution in [0.15, 0.2) is 41.3 Å². The largest absolute Gasteiger partial charge is 0.417 e. The van der Waals surface area contributed by atoms with Gasteiger partial charge in [-0.2, -0.15) is 13.2 Å². The van der Waals surface area contributed by atoms with Crippen molar-refractivity contribution in [2.75, 3.05) is 4.72 Å². The molecular formula is C17H15ClF3NO2S. The molecule has 1 aliphatic carbocycles. The van der Waals surface area contributed by atoms with Gasteiger partial charge in [-0.3, -0.25) is 4.72 Å². The molecule has 0 saturated heterocycles. The van der Waals surface area contributed by atoms with Crippen molar-refractivity contribution in [1.82, 2.24) is 0 Å². The molecule has 0 aliphatic heterocycles. The third-order valence-electron chi connectivity index (χ3n) is 4.15. The number of hydrogen-bond acceptors (Lipinski definition) is 2. The van der Waals surface area contributed by atoms with Gasteiger partial charge >= 0.3 is 6.18 Å². The molecule has 0 unspecified atom stereocenters. The number of fused-ring (bicyclic) bond motifs is 1. The number of hydrogen-bond donors (Lipinski definition) is 1. The third kappa shape index (κ3) is 3.93. The highest BCUT2D eigenvalue weighted by Crippen LogP contribution is 2.36. The zero-order valence-corrected chi connectivity index (χ0v) is 14.6. The highest BCUT2D eigenvalue weighted by atomic mass is 35.5. The molecule has 8 heteroatoms. The summed E-state index contributed by atoms with van der Waals surface area (Å²) in [5.41, 5.74) is 0.825. The van der Waals surface area contributed by atoms with E-state index < -0.39 is 26.8 Å². The number of sulfonamides is 1. The Labute approximate surface area is 148 Å². The maximum atomic E-state index is 12.9. The second-order valence-corrected chi connectivity index (χ2v) is 8.03. The molecule has 25 heavy (non-hydrogen) atoms. The number of halogens is 4. The maximum Gasteiger partial charge on any atom is 0.417 e. The summed E-state index contributed by atoms with van der Waals surface area (Å²) in [5.74, 6) is 0. The second kappa shape index (κ2) is 6.53. The van der Waals surface area contributed by atoms with Crippen molar-refractivity contribution in [3.63, 3.8) is 0 Å². The van der Waals surface area contributed by atoms with Crippen molar-refractivity contribution >= 4 is 27.3 Å². The summed E-state index contributed by atoms with van der Waals surface area (Å²) in [6.45, 7) is 0. The lowest BCUT2D eigenvalue weighted by molar-refractivity contribution is -0.137. The molecule has 0 fully saturated rings. The molecule has 0 radical (unpaired) electrons. The highest BCUT2D eigenvalue weighted by molar-refractivity contribution is 7.92. The van der Waals surface area contributed by atoms with Crippen LogP contribution in [0.2, 0.25) is 5.02 Å². The first kappa shape index (κ1) is 18.1. The van der Waals surface area contributed by atoms with Gasteiger partial charge < -0.3 is 0 Å². The first-order valence-corrected chi connectivity index (χ1v) is 9.54. The monoisotopic (exact) mass is 389 g/mol. The average molecular weight is 390 g/mol. The van der Waals surface area contributed by atoms with Crippen molar-refractivity contribution in [2.45, 2.75) is 36.8 Å². The van der Waals surface area contributed by atoms with Crippen molar-refractivity contribution in [3.8, 4) is 0 Å². The summed E-state index contributed by atoms with van der Waals surface area (Å²) < 4.78 is 65.9. The van der Waals surface area contributed by atoms with E-state index in [-0.39, 0.29) is 10.6 Å². The Morgan fingerprint density at radius 3 is 2.32 bits per heavy atom. The minimum atomic E-state index is -4.66. The maximum absolute atomic E-state index is 12.9. The van der Waals surface area contributed by atoms with Crippen LogP contribution in [0.25, 0.3) is 0 Å². The molecule has 0 aromatic heterocycles. The zero-order valence-electron chi connectivity index (χ0n) is 13.0. The van der Waals surface area contributed by atoms with Crippen LogP contribution in [0.5, 0.6) is 0 Å². The van der Waals surface area contributed by atoms with E-state index in [1.165, 1.54) is 12.1 Å². The molecule has 1 N–H and O–H groups in total. The van der Waals surface area contributed by atoms with Gasteiger partial charge in [0.15, 0.2) is 0 Å². The predicted octanol–water partition coefficient (Wildman–Crippen LogP) is 5.04. The lowest BCUT2D eigenvalue weighted by Gasteiger charge is -2.17. The summed E-state index contributed by atoms with van der Waals surface area (Å²) in [6, 6.07) is 7.76. The SMILES string of the molecule is O=S(=O)(Nc1ccc(Cl)c(C(F)(F)F)c1)c1ccc2c(c1)CCCC2. The van der Waals surface area contributed by atoms with Gasteiger partial charge in [0.25, 0.3) is 10.0 Å². The average Bonchev–Trinajstić information content (AvgIpc) is 2.55. The summed E-state index contributed by atoms with van der Waals surface area (Å²) >= 11 is 5.55. The number of benzene rings is 2. The van der Waals surface area contributed by atoms with Gasteiger partial charge in [-0.05, 0) is 67.1 Å².